The minimum absolute atomic E-state index is 0.0489. The first-order chi connectivity index (χ1) is 10.9. The van der Waals surface area contributed by atoms with Crippen LogP contribution in [-0.2, 0) is 21.4 Å². The van der Waals surface area contributed by atoms with Gasteiger partial charge >= 0.3 is 0 Å². The number of benzene rings is 2. The fourth-order valence-corrected chi connectivity index (χ4v) is 3.89. The Labute approximate surface area is 134 Å². The Morgan fingerprint density at radius 1 is 1.17 bits per heavy atom. The molecule has 0 unspecified atom stereocenters. The van der Waals surface area contributed by atoms with E-state index in [1.54, 1.807) is 12.1 Å². The molecule has 4 nitrogen and oxygen atoms in total. The maximum Gasteiger partial charge on any atom is 0.264 e. The van der Waals surface area contributed by atoms with Crippen LogP contribution >= 0.6 is 0 Å². The highest BCUT2D eigenvalue weighted by Crippen LogP contribution is 2.32. The maximum absolute atomic E-state index is 13.7. The molecule has 6 heteroatoms. The molecule has 0 aromatic heterocycles. The SMILES string of the molecule is C=C1CN(S(=O)(=O)c2ccc(C)cc2)c2cc(F)ccc2CO1. The third-order valence-electron chi connectivity index (χ3n) is 3.68. The zero-order valence-electron chi connectivity index (χ0n) is 12.6. The average molecular weight is 333 g/mol. The first-order valence-electron chi connectivity index (χ1n) is 7.06. The zero-order valence-corrected chi connectivity index (χ0v) is 13.4. The van der Waals surface area contributed by atoms with Crippen molar-refractivity contribution in [2.45, 2.75) is 18.4 Å². The van der Waals surface area contributed by atoms with Gasteiger partial charge in [0.1, 0.15) is 18.2 Å². The fraction of sp³-hybridized carbons (Fsp3) is 0.176. The molecule has 1 aliphatic heterocycles. The first-order valence-corrected chi connectivity index (χ1v) is 8.50. The summed E-state index contributed by atoms with van der Waals surface area (Å²) in [5.41, 5.74) is 1.84. The fourth-order valence-electron chi connectivity index (χ4n) is 2.41. The minimum atomic E-state index is -3.84. The van der Waals surface area contributed by atoms with E-state index in [0.29, 0.717) is 11.3 Å². The number of fused-ring (bicyclic) bond motifs is 1. The molecule has 0 aliphatic carbocycles. The van der Waals surface area contributed by atoms with E-state index in [1.807, 2.05) is 6.92 Å². The summed E-state index contributed by atoms with van der Waals surface area (Å²) in [5.74, 6) is -0.183. The molecule has 0 amide bonds. The van der Waals surface area contributed by atoms with E-state index in [1.165, 1.54) is 30.3 Å². The van der Waals surface area contributed by atoms with E-state index in [2.05, 4.69) is 6.58 Å². The lowest BCUT2D eigenvalue weighted by Gasteiger charge is -2.24. The van der Waals surface area contributed by atoms with Crippen LogP contribution in [0.1, 0.15) is 11.1 Å². The van der Waals surface area contributed by atoms with Crippen LogP contribution in [0.25, 0.3) is 0 Å². The van der Waals surface area contributed by atoms with E-state index in [0.717, 1.165) is 9.87 Å². The molecule has 3 rings (SSSR count). The van der Waals surface area contributed by atoms with Gasteiger partial charge in [0.15, 0.2) is 0 Å². The molecule has 2 aromatic rings. The molecule has 1 aliphatic rings. The monoisotopic (exact) mass is 333 g/mol. The van der Waals surface area contributed by atoms with Gasteiger partial charge in [0.25, 0.3) is 10.0 Å². The van der Waals surface area contributed by atoms with Crippen molar-refractivity contribution in [3.63, 3.8) is 0 Å². The lowest BCUT2D eigenvalue weighted by atomic mass is 10.2. The van der Waals surface area contributed by atoms with E-state index in [4.69, 9.17) is 4.74 Å². The molecular weight excluding hydrogens is 317 g/mol. The van der Waals surface area contributed by atoms with Gasteiger partial charge in [-0.25, -0.2) is 12.8 Å². The van der Waals surface area contributed by atoms with Crippen molar-refractivity contribution >= 4 is 15.7 Å². The summed E-state index contributed by atoms with van der Waals surface area (Å²) in [4.78, 5) is 0.146. The molecule has 0 bridgehead atoms. The summed E-state index contributed by atoms with van der Waals surface area (Å²) < 4.78 is 46.2. The van der Waals surface area contributed by atoms with Gasteiger partial charge in [-0.15, -0.1) is 0 Å². The Morgan fingerprint density at radius 3 is 2.57 bits per heavy atom. The topological polar surface area (TPSA) is 46.6 Å². The molecule has 0 saturated carbocycles. The van der Waals surface area contributed by atoms with Gasteiger partial charge in [-0.2, -0.15) is 0 Å². The first kappa shape index (κ1) is 15.6. The second kappa shape index (κ2) is 5.70. The Morgan fingerprint density at radius 2 is 1.87 bits per heavy atom. The smallest absolute Gasteiger partial charge is 0.264 e. The zero-order chi connectivity index (χ0) is 16.6. The van der Waals surface area contributed by atoms with Crippen molar-refractivity contribution in [3.8, 4) is 0 Å². The molecule has 23 heavy (non-hydrogen) atoms. The number of hydrogen-bond donors (Lipinski definition) is 0. The molecule has 0 N–H and O–H groups in total. The molecular formula is C17H16FNO3S. The second-order valence-corrected chi connectivity index (χ2v) is 7.29. The molecule has 0 atom stereocenters. The van der Waals surface area contributed by atoms with Crippen LogP contribution in [-0.4, -0.2) is 15.0 Å². The van der Waals surface area contributed by atoms with Crippen LogP contribution in [0.4, 0.5) is 10.1 Å². The van der Waals surface area contributed by atoms with Crippen molar-refractivity contribution in [1.29, 1.82) is 0 Å². The third kappa shape index (κ3) is 2.94. The van der Waals surface area contributed by atoms with Gasteiger partial charge in [0, 0.05) is 5.56 Å². The predicted octanol–water partition coefficient (Wildman–Crippen LogP) is 3.37. The number of rotatable bonds is 2. The molecule has 0 spiro atoms. The van der Waals surface area contributed by atoms with Crippen LogP contribution in [0, 0.1) is 12.7 Å². The van der Waals surface area contributed by atoms with Crippen LogP contribution in [0.15, 0.2) is 59.7 Å². The number of hydrogen-bond acceptors (Lipinski definition) is 3. The molecule has 1 heterocycles. The molecule has 120 valence electrons. The van der Waals surface area contributed by atoms with Crippen LogP contribution in [0.2, 0.25) is 0 Å². The second-order valence-electron chi connectivity index (χ2n) is 5.43. The number of halogens is 1. The number of aryl methyl sites for hydroxylation is 1. The van der Waals surface area contributed by atoms with E-state index in [9.17, 15) is 12.8 Å². The molecule has 0 fully saturated rings. The summed E-state index contributed by atoms with van der Waals surface area (Å²) in [5, 5.41) is 0. The van der Waals surface area contributed by atoms with Crippen LogP contribution in [0.5, 0.6) is 0 Å². The standard InChI is InChI=1S/C17H16FNO3S/c1-12-3-7-16(8-4-12)23(20,21)19-10-13(2)22-11-14-5-6-15(18)9-17(14)19/h3-9H,2,10-11H2,1H3. The van der Waals surface area contributed by atoms with E-state index in [-0.39, 0.29) is 23.7 Å². The Bertz CT molecular complexity index is 860. The summed E-state index contributed by atoms with van der Waals surface area (Å²) in [6, 6.07) is 10.6. The van der Waals surface area contributed by atoms with Crippen LogP contribution in [0.3, 0.4) is 0 Å². The van der Waals surface area contributed by atoms with Crippen LogP contribution < -0.4 is 4.31 Å². The summed E-state index contributed by atoms with van der Waals surface area (Å²) in [6.45, 7) is 5.72. The van der Waals surface area contributed by atoms with Crippen molar-refractivity contribution in [3.05, 3.63) is 71.7 Å². The maximum atomic E-state index is 13.7. The summed E-state index contributed by atoms with van der Waals surface area (Å²) in [6.07, 6.45) is 0. The minimum Gasteiger partial charge on any atom is -0.492 e. The number of sulfonamides is 1. The highest BCUT2D eigenvalue weighted by atomic mass is 32.2. The van der Waals surface area contributed by atoms with E-state index >= 15 is 0 Å². The van der Waals surface area contributed by atoms with Crippen molar-refractivity contribution in [2.24, 2.45) is 0 Å². The van der Waals surface area contributed by atoms with Gasteiger partial charge in [-0.05, 0) is 31.2 Å². The van der Waals surface area contributed by atoms with Crippen molar-refractivity contribution < 1.29 is 17.5 Å². The van der Waals surface area contributed by atoms with Gasteiger partial charge in [-0.1, -0.05) is 30.3 Å². The number of anilines is 1. The normalized spacial score (nSPS) is 14.9. The molecule has 0 radical (unpaired) electrons. The largest absolute Gasteiger partial charge is 0.492 e. The van der Waals surface area contributed by atoms with Crippen molar-refractivity contribution in [2.75, 3.05) is 10.8 Å². The average Bonchev–Trinajstić information content (AvgIpc) is 2.67. The van der Waals surface area contributed by atoms with Gasteiger partial charge in [-0.3, -0.25) is 4.31 Å². The Kier molecular flexibility index (Phi) is 3.85. The Balaban J connectivity index is 2.15. The van der Waals surface area contributed by atoms with Gasteiger partial charge < -0.3 is 4.74 Å². The van der Waals surface area contributed by atoms with Crippen molar-refractivity contribution in [1.82, 2.24) is 0 Å². The van der Waals surface area contributed by atoms with E-state index < -0.39 is 15.8 Å². The third-order valence-corrected chi connectivity index (χ3v) is 5.45. The number of nitrogens with zero attached hydrogens (tertiary/aromatic N) is 1. The van der Waals surface area contributed by atoms with Gasteiger partial charge in [0.05, 0.1) is 17.1 Å². The summed E-state index contributed by atoms with van der Waals surface area (Å²) >= 11 is 0. The highest BCUT2D eigenvalue weighted by molar-refractivity contribution is 7.92. The molecule has 0 saturated heterocycles. The lowest BCUT2D eigenvalue weighted by Crippen LogP contribution is -2.32. The quantitative estimate of drug-likeness (QED) is 0.846. The number of ether oxygens (including phenoxy) is 1. The summed E-state index contributed by atoms with van der Waals surface area (Å²) in [7, 11) is -3.84. The molecule has 2 aromatic carbocycles. The van der Waals surface area contributed by atoms with Gasteiger partial charge in [0.2, 0.25) is 0 Å². The predicted molar refractivity (Wildman–Crippen MR) is 86.0 cm³/mol. The highest BCUT2D eigenvalue weighted by Gasteiger charge is 2.30. The Hall–Kier alpha value is -2.34. The lowest BCUT2D eigenvalue weighted by molar-refractivity contribution is 0.203.